The van der Waals surface area contributed by atoms with Crippen LogP contribution in [0.25, 0.3) is 0 Å². The van der Waals surface area contributed by atoms with Gasteiger partial charge in [0.2, 0.25) is 5.97 Å². The van der Waals surface area contributed by atoms with E-state index in [0.717, 1.165) is 26.4 Å². The SMILES string of the molecule is COC(=O)c1[c-]cc(C(=O)OC)c(S(=O)(=O)O)c1.[Na+]. The normalized spacial score (nSPS) is 10.3. The Balaban J connectivity index is 0.00000324. The third-order valence-corrected chi connectivity index (χ3v) is 2.90. The van der Waals surface area contributed by atoms with Gasteiger partial charge in [-0.05, 0) is 5.56 Å². The Bertz CT molecular complexity index is 594. The first kappa shape index (κ1) is 18.1. The summed E-state index contributed by atoms with van der Waals surface area (Å²) in [5.74, 6) is -1.83. The van der Waals surface area contributed by atoms with Crippen molar-refractivity contribution in [1.29, 1.82) is 0 Å². The molecular formula is C10H9NaO7S. The second kappa shape index (κ2) is 7.01. The van der Waals surface area contributed by atoms with Crippen LogP contribution in [0.15, 0.2) is 17.0 Å². The number of methoxy groups -OCH3 is 2. The summed E-state index contributed by atoms with van der Waals surface area (Å²) in [5, 5.41) is 0. The van der Waals surface area contributed by atoms with E-state index in [-0.39, 0.29) is 35.1 Å². The van der Waals surface area contributed by atoms with E-state index in [4.69, 9.17) is 4.55 Å². The maximum absolute atomic E-state index is 11.3. The van der Waals surface area contributed by atoms with Gasteiger partial charge in [-0.3, -0.25) is 9.35 Å². The second-order valence-electron chi connectivity index (χ2n) is 3.08. The third kappa shape index (κ3) is 4.29. The molecule has 0 aliphatic carbocycles. The smallest absolute Gasteiger partial charge is 0.509 e. The number of hydrogen-bond donors (Lipinski definition) is 1. The molecule has 98 valence electrons. The minimum atomic E-state index is -4.68. The monoisotopic (exact) mass is 296 g/mol. The topological polar surface area (TPSA) is 107 Å². The van der Waals surface area contributed by atoms with E-state index in [0.29, 0.717) is 0 Å². The number of carbonyl (C=O) groups excluding carboxylic acids is 2. The summed E-state index contributed by atoms with van der Waals surface area (Å²) in [5.41, 5.74) is -0.662. The number of rotatable bonds is 3. The number of ether oxygens (including phenoxy) is 2. The van der Waals surface area contributed by atoms with E-state index in [1.54, 1.807) is 0 Å². The van der Waals surface area contributed by atoms with Gasteiger partial charge in [0, 0.05) is 4.90 Å². The molecular weight excluding hydrogens is 287 g/mol. The first-order chi connectivity index (χ1) is 8.31. The Kier molecular flexibility index (Phi) is 6.67. The van der Waals surface area contributed by atoms with Gasteiger partial charge in [-0.15, -0.1) is 18.2 Å². The van der Waals surface area contributed by atoms with E-state index in [9.17, 15) is 18.0 Å². The van der Waals surface area contributed by atoms with Crippen molar-refractivity contribution >= 4 is 22.1 Å². The van der Waals surface area contributed by atoms with E-state index >= 15 is 0 Å². The minimum Gasteiger partial charge on any atom is -0.509 e. The van der Waals surface area contributed by atoms with Gasteiger partial charge in [0.15, 0.2) is 0 Å². The second-order valence-corrected chi connectivity index (χ2v) is 4.47. The van der Waals surface area contributed by atoms with E-state index in [1.807, 2.05) is 0 Å². The van der Waals surface area contributed by atoms with Crippen molar-refractivity contribution in [2.45, 2.75) is 4.90 Å². The number of esters is 2. The number of carbonyl (C=O) groups is 2. The zero-order valence-corrected chi connectivity index (χ0v) is 13.3. The van der Waals surface area contributed by atoms with Crippen LogP contribution in [0, 0.1) is 6.07 Å². The van der Waals surface area contributed by atoms with Gasteiger partial charge in [0.05, 0.1) is 14.2 Å². The maximum atomic E-state index is 11.3. The molecule has 0 aromatic heterocycles. The molecule has 7 nitrogen and oxygen atoms in total. The average Bonchev–Trinajstić information content (AvgIpc) is 2.35. The van der Waals surface area contributed by atoms with Crippen LogP contribution < -0.4 is 29.6 Å². The third-order valence-electron chi connectivity index (χ3n) is 2.00. The van der Waals surface area contributed by atoms with Gasteiger partial charge in [-0.25, -0.2) is 0 Å². The maximum Gasteiger partial charge on any atom is 1.00 e. The fourth-order valence-corrected chi connectivity index (χ4v) is 1.87. The van der Waals surface area contributed by atoms with Crippen LogP contribution in [0.5, 0.6) is 0 Å². The summed E-state index contributed by atoms with van der Waals surface area (Å²) in [4.78, 5) is 21.8. The summed E-state index contributed by atoms with van der Waals surface area (Å²) in [7, 11) is -2.54. The molecule has 0 aliphatic heterocycles. The Morgan fingerprint density at radius 1 is 1.21 bits per heavy atom. The Hall–Kier alpha value is -0.930. The number of hydrogen-bond acceptors (Lipinski definition) is 6. The molecule has 0 saturated heterocycles. The standard InChI is InChI=1S/C10H9O7S.Na/c1-16-9(11)6-3-4-7(10(12)17-2)8(5-6)18(13,14)15;/h4-5H,1-2H3,(H,13,14,15);/q-1;+1. The van der Waals surface area contributed by atoms with Crippen LogP contribution in [0.4, 0.5) is 0 Å². The molecule has 0 saturated carbocycles. The Morgan fingerprint density at radius 3 is 2.16 bits per heavy atom. The molecule has 0 unspecified atom stereocenters. The molecule has 0 atom stereocenters. The molecule has 1 N–H and O–H groups in total. The van der Waals surface area contributed by atoms with E-state index in [2.05, 4.69) is 15.5 Å². The van der Waals surface area contributed by atoms with Crippen LogP contribution in [-0.4, -0.2) is 39.1 Å². The van der Waals surface area contributed by atoms with Gasteiger partial charge < -0.3 is 14.3 Å². The molecule has 19 heavy (non-hydrogen) atoms. The summed E-state index contributed by atoms with van der Waals surface area (Å²) in [6, 6.07) is 4.08. The van der Waals surface area contributed by atoms with E-state index < -0.39 is 32.5 Å². The largest absolute Gasteiger partial charge is 1.00 e. The van der Waals surface area contributed by atoms with Crippen LogP contribution in [0.3, 0.4) is 0 Å². The molecule has 0 fully saturated rings. The molecule has 1 aromatic carbocycles. The van der Waals surface area contributed by atoms with Crippen LogP contribution in [0.1, 0.15) is 20.7 Å². The molecule has 0 heterocycles. The predicted molar refractivity (Wildman–Crippen MR) is 57.8 cm³/mol. The average molecular weight is 296 g/mol. The molecule has 0 bridgehead atoms. The van der Waals surface area contributed by atoms with Crippen molar-refractivity contribution in [3.63, 3.8) is 0 Å². The predicted octanol–water partition coefficient (Wildman–Crippen LogP) is -2.69. The first-order valence-electron chi connectivity index (χ1n) is 4.51. The van der Waals surface area contributed by atoms with E-state index in [1.165, 1.54) is 0 Å². The molecule has 1 rings (SSSR count). The van der Waals surface area contributed by atoms with Gasteiger partial charge in [-0.1, -0.05) is 5.56 Å². The molecule has 9 heteroatoms. The van der Waals surface area contributed by atoms with Gasteiger partial charge >= 0.3 is 29.6 Å². The van der Waals surface area contributed by atoms with Crippen molar-refractivity contribution in [1.82, 2.24) is 0 Å². The Morgan fingerprint density at radius 2 is 1.74 bits per heavy atom. The summed E-state index contributed by atoms with van der Waals surface area (Å²) < 4.78 is 39.9. The molecule has 0 aliphatic rings. The quantitative estimate of drug-likeness (QED) is 0.280. The van der Waals surface area contributed by atoms with Crippen LogP contribution in [-0.2, 0) is 19.6 Å². The van der Waals surface area contributed by atoms with Crippen LogP contribution in [0.2, 0.25) is 0 Å². The van der Waals surface area contributed by atoms with Crippen molar-refractivity contribution < 1.29 is 61.6 Å². The Labute approximate surface area is 131 Å². The van der Waals surface area contributed by atoms with Crippen molar-refractivity contribution in [3.8, 4) is 0 Å². The van der Waals surface area contributed by atoms with Gasteiger partial charge in [0.25, 0.3) is 16.1 Å². The van der Waals surface area contributed by atoms with Gasteiger partial charge in [0.1, 0.15) is 0 Å². The van der Waals surface area contributed by atoms with Crippen molar-refractivity contribution in [2.24, 2.45) is 0 Å². The summed E-state index contributed by atoms with van der Waals surface area (Å²) in [6.07, 6.45) is 0. The minimum absolute atomic E-state index is 0. The first-order valence-corrected chi connectivity index (χ1v) is 5.95. The summed E-state index contributed by atoms with van der Waals surface area (Å²) >= 11 is 0. The fraction of sp³-hybridized carbons (Fsp3) is 0.200. The van der Waals surface area contributed by atoms with Gasteiger partial charge in [-0.2, -0.15) is 8.42 Å². The summed E-state index contributed by atoms with van der Waals surface area (Å²) in [6.45, 7) is 0. The molecule has 0 spiro atoms. The molecule has 0 radical (unpaired) electrons. The fourth-order valence-electron chi connectivity index (χ4n) is 1.18. The number of benzene rings is 1. The zero-order valence-electron chi connectivity index (χ0n) is 10.5. The van der Waals surface area contributed by atoms with Crippen LogP contribution >= 0.6 is 0 Å². The zero-order chi connectivity index (χ0) is 13.9. The molecule has 0 amide bonds. The van der Waals surface area contributed by atoms with Crippen molar-refractivity contribution in [3.05, 3.63) is 29.3 Å². The van der Waals surface area contributed by atoms with Crippen molar-refractivity contribution in [2.75, 3.05) is 14.2 Å². The molecule has 1 aromatic rings.